The van der Waals surface area contributed by atoms with Gasteiger partial charge in [0.15, 0.2) is 0 Å². The first kappa shape index (κ1) is 10.0. The van der Waals surface area contributed by atoms with E-state index >= 15 is 0 Å². The number of hydrogen-bond acceptors (Lipinski definition) is 2. The summed E-state index contributed by atoms with van der Waals surface area (Å²) < 4.78 is 5.62. The minimum atomic E-state index is 0.369. The van der Waals surface area contributed by atoms with Gasteiger partial charge in [-0.25, -0.2) is 0 Å². The molecular weight excluding hydrogens is 150 g/mol. The molecule has 1 aliphatic carbocycles. The summed E-state index contributed by atoms with van der Waals surface area (Å²) in [4.78, 5) is 0. The molecule has 0 amide bonds. The van der Waals surface area contributed by atoms with Gasteiger partial charge in [-0.05, 0) is 25.7 Å². The highest BCUT2D eigenvalue weighted by Crippen LogP contribution is 2.18. The molecule has 72 valence electrons. The molecule has 0 bridgehead atoms. The largest absolute Gasteiger partial charge is 0.377 e. The molecule has 1 aliphatic rings. The third kappa shape index (κ3) is 4.73. The van der Waals surface area contributed by atoms with Crippen LogP contribution >= 0.6 is 0 Å². The van der Waals surface area contributed by atoms with E-state index in [1.54, 1.807) is 0 Å². The predicted molar refractivity (Wildman–Crippen MR) is 51.3 cm³/mol. The fourth-order valence-corrected chi connectivity index (χ4v) is 1.04. The Bertz CT molecular complexity index is 115. The lowest BCUT2D eigenvalue weighted by Gasteiger charge is -2.15. The average Bonchev–Trinajstić information content (AvgIpc) is 2.80. The van der Waals surface area contributed by atoms with Crippen LogP contribution in [0.4, 0.5) is 0 Å². The number of ether oxygens (including phenoxy) is 1. The topological polar surface area (TPSA) is 21.3 Å². The van der Waals surface area contributed by atoms with Gasteiger partial charge in [0.2, 0.25) is 0 Å². The summed E-state index contributed by atoms with van der Waals surface area (Å²) in [6.45, 7) is 8.39. The molecule has 0 radical (unpaired) electrons. The van der Waals surface area contributed by atoms with Crippen LogP contribution in [0.1, 0.15) is 33.6 Å². The van der Waals surface area contributed by atoms with Crippen molar-refractivity contribution in [2.75, 3.05) is 13.2 Å². The van der Waals surface area contributed by atoms with Crippen LogP contribution in [-0.4, -0.2) is 25.3 Å². The predicted octanol–water partition coefficient (Wildman–Crippen LogP) is 1.80. The Labute approximate surface area is 75.7 Å². The van der Waals surface area contributed by atoms with Crippen molar-refractivity contribution < 1.29 is 4.74 Å². The molecule has 1 unspecified atom stereocenters. The van der Waals surface area contributed by atoms with Gasteiger partial charge in [0.1, 0.15) is 0 Å². The highest BCUT2D eigenvalue weighted by molar-refractivity contribution is 4.81. The second kappa shape index (κ2) is 4.83. The molecule has 0 aliphatic heterocycles. The van der Waals surface area contributed by atoms with Gasteiger partial charge in [-0.3, -0.25) is 0 Å². The Balaban J connectivity index is 1.91. The van der Waals surface area contributed by atoms with Gasteiger partial charge in [-0.15, -0.1) is 0 Å². The molecule has 0 aromatic rings. The quantitative estimate of drug-likeness (QED) is 0.658. The molecule has 2 heteroatoms. The minimum Gasteiger partial charge on any atom is -0.377 e. The van der Waals surface area contributed by atoms with E-state index in [1.807, 2.05) is 0 Å². The van der Waals surface area contributed by atoms with Crippen molar-refractivity contribution in [3.63, 3.8) is 0 Å². The van der Waals surface area contributed by atoms with Gasteiger partial charge in [-0.1, -0.05) is 13.8 Å². The third-order valence-corrected chi connectivity index (χ3v) is 1.99. The lowest BCUT2D eigenvalue weighted by atomic mass is 10.2. The fourth-order valence-electron chi connectivity index (χ4n) is 1.04. The molecule has 12 heavy (non-hydrogen) atoms. The number of hydrogen-bond donors (Lipinski definition) is 1. The Hall–Kier alpha value is -0.0800. The lowest BCUT2D eigenvalue weighted by molar-refractivity contribution is 0.0476. The molecule has 2 nitrogen and oxygen atoms in total. The van der Waals surface area contributed by atoms with Crippen molar-refractivity contribution in [1.29, 1.82) is 0 Å². The molecule has 1 atom stereocenters. The first-order valence-corrected chi connectivity index (χ1v) is 5.03. The monoisotopic (exact) mass is 171 g/mol. The molecular formula is C10H21NO. The van der Waals surface area contributed by atoms with Gasteiger partial charge in [-0.2, -0.15) is 0 Å². The average molecular weight is 171 g/mol. The molecule has 0 aromatic heterocycles. The summed E-state index contributed by atoms with van der Waals surface area (Å²) >= 11 is 0. The van der Waals surface area contributed by atoms with Crippen LogP contribution in [0, 0.1) is 5.92 Å². The van der Waals surface area contributed by atoms with Crippen molar-refractivity contribution in [3.05, 3.63) is 0 Å². The molecule has 1 fully saturated rings. The minimum absolute atomic E-state index is 0.369. The zero-order valence-electron chi connectivity index (χ0n) is 8.47. The van der Waals surface area contributed by atoms with E-state index in [2.05, 4.69) is 26.1 Å². The van der Waals surface area contributed by atoms with Crippen LogP contribution in [0.5, 0.6) is 0 Å². The van der Waals surface area contributed by atoms with Gasteiger partial charge in [0, 0.05) is 19.2 Å². The Kier molecular flexibility index (Phi) is 4.02. The van der Waals surface area contributed by atoms with Crippen LogP contribution in [0.25, 0.3) is 0 Å². The maximum absolute atomic E-state index is 5.62. The zero-order valence-corrected chi connectivity index (χ0v) is 8.47. The smallest absolute Gasteiger partial charge is 0.0671 e. The van der Waals surface area contributed by atoms with Crippen LogP contribution in [0.3, 0.4) is 0 Å². The number of nitrogens with one attached hydrogen (secondary N) is 1. The molecule has 0 saturated heterocycles. The lowest BCUT2D eigenvalue weighted by Crippen LogP contribution is -2.29. The summed E-state index contributed by atoms with van der Waals surface area (Å²) in [5.74, 6) is 0.647. The van der Waals surface area contributed by atoms with Crippen LogP contribution in [0.2, 0.25) is 0 Å². The van der Waals surface area contributed by atoms with E-state index < -0.39 is 0 Å². The molecule has 0 aromatic carbocycles. The van der Waals surface area contributed by atoms with Gasteiger partial charge in [0.25, 0.3) is 0 Å². The zero-order chi connectivity index (χ0) is 8.97. The van der Waals surface area contributed by atoms with E-state index in [-0.39, 0.29) is 0 Å². The van der Waals surface area contributed by atoms with Crippen LogP contribution in [-0.2, 0) is 4.74 Å². The normalized spacial score (nSPS) is 20.0. The molecule has 1 rings (SSSR count). The fraction of sp³-hybridized carbons (Fsp3) is 1.00. The van der Waals surface area contributed by atoms with E-state index in [4.69, 9.17) is 4.74 Å². The highest BCUT2D eigenvalue weighted by Gasteiger charge is 2.20. The number of rotatable bonds is 6. The van der Waals surface area contributed by atoms with Crippen molar-refractivity contribution in [2.45, 2.75) is 45.8 Å². The van der Waals surface area contributed by atoms with Crippen molar-refractivity contribution >= 4 is 0 Å². The Morgan fingerprint density at radius 1 is 1.33 bits per heavy atom. The Morgan fingerprint density at radius 3 is 2.50 bits per heavy atom. The standard InChI is InChI=1S/C10H21NO/c1-8(2)7-12-9(3)6-11-10-4-5-10/h8-11H,4-7H2,1-3H3. The molecule has 1 saturated carbocycles. The van der Waals surface area contributed by atoms with E-state index in [9.17, 15) is 0 Å². The summed E-state index contributed by atoms with van der Waals surface area (Å²) in [6, 6.07) is 0.801. The first-order chi connectivity index (χ1) is 5.68. The van der Waals surface area contributed by atoms with Crippen LogP contribution in [0.15, 0.2) is 0 Å². The summed E-state index contributed by atoms with van der Waals surface area (Å²) in [5.41, 5.74) is 0. The Morgan fingerprint density at radius 2 is 2.00 bits per heavy atom. The highest BCUT2D eigenvalue weighted by atomic mass is 16.5. The molecule has 1 N–H and O–H groups in total. The third-order valence-electron chi connectivity index (χ3n) is 1.99. The maximum atomic E-state index is 5.62. The van der Waals surface area contributed by atoms with Gasteiger partial charge in [0.05, 0.1) is 6.10 Å². The van der Waals surface area contributed by atoms with E-state index in [1.165, 1.54) is 12.8 Å². The van der Waals surface area contributed by atoms with Gasteiger partial charge < -0.3 is 10.1 Å². The molecule has 0 spiro atoms. The van der Waals surface area contributed by atoms with Crippen molar-refractivity contribution in [2.24, 2.45) is 5.92 Å². The second-order valence-corrected chi connectivity index (χ2v) is 4.22. The second-order valence-electron chi connectivity index (χ2n) is 4.22. The summed E-state index contributed by atoms with van der Waals surface area (Å²) in [5, 5.41) is 3.46. The summed E-state index contributed by atoms with van der Waals surface area (Å²) in [6.07, 6.45) is 3.08. The SMILES string of the molecule is CC(C)COC(C)CNC1CC1. The molecule has 0 heterocycles. The van der Waals surface area contributed by atoms with E-state index in [0.29, 0.717) is 12.0 Å². The first-order valence-electron chi connectivity index (χ1n) is 5.03. The van der Waals surface area contributed by atoms with Crippen molar-refractivity contribution in [1.82, 2.24) is 5.32 Å². The van der Waals surface area contributed by atoms with Crippen LogP contribution < -0.4 is 5.32 Å². The van der Waals surface area contributed by atoms with Crippen molar-refractivity contribution in [3.8, 4) is 0 Å². The maximum Gasteiger partial charge on any atom is 0.0671 e. The van der Waals surface area contributed by atoms with E-state index in [0.717, 1.165) is 19.2 Å². The van der Waals surface area contributed by atoms with Gasteiger partial charge >= 0.3 is 0 Å². The summed E-state index contributed by atoms with van der Waals surface area (Å²) in [7, 11) is 0.